The first-order valence-corrected chi connectivity index (χ1v) is 5.25. The standard InChI is InChI=1S/C11H13F3N2/c1-6(7-3-4-7)16(2)11-9(13)5-8(12)10(14)15-11/h5-7H,3-4H2,1-2H3. The van der Waals surface area contributed by atoms with Gasteiger partial charge in [-0.25, -0.2) is 8.78 Å². The van der Waals surface area contributed by atoms with Crippen molar-refractivity contribution in [2.24, 2.45) is 5.92 Å². The average Bonchev–Trinajstić information content (AvgIpc) is 3.05. The van der Waals surface area contributed by atoms with E-state index in [-0.39, 0.29) is 11.9 Å². The molecule has 0 amide bonds. The minimum Gasteiger partial charge on any atom is -0.354 e. The Labute approximate surface area is 92.1 Å². The highest BCUT2D eigenvalue weighted by atomic mass is 19.2. The Kier molecular flexibility index (Phi) is 2.78. The second kappa shape index (κ2) is 3.96. The van der Waals surface area contributed by atoms with Crippen molar-refractivity contribution < 1.29 is 13.2 Å². The molecule has 2 nitrogen and oxygen atoms in total. The quantitative estimate of drug-likeness (QED) is 0.742. The van der Waals surface area contributed by atoms with Crippen LogP contribution in [0.3, 0.4) is 0 Å². The van der Waals surface area contributed by atoms with Crippen molar-refractivity contribution in [3.8, 4) is 0 Å². The summed E-state index contributed by atoms with van der Waals surface area (Å²) in [5.41, 5.74) is 0. The number of nitrogens with zero attached hydrogens (tertiary/aromatic N) is 2. The first kappa shape index (κ1) is 11.2. The molecule has 0 saturated heterocycles. The maximum atomic E-state index is 13.4. The third-order valence-corrected chi connectivity index (χ3v) is 3.12. The lowest BCUT2D eigenvalue weighted by Gasteiger charge is -2.26. The number of hydrogen-bond donors (Lipinski definition) is 0. The molecule has 1 aromatic rings. The molecule has 0 bridgehead atoms. The van der Waals surface area contributed by atoms with Gasteiger partial charge in [-0.15, -0.1) is 0 Å². The first-order chi connectivity index (χ1) is 7.50. The van der Waals surface area contributed by atoms with Gasteiger partial charge in [-0.1, -0.05) is 0 Å². The number of rotatable bonds is 3. The van der Waals surface area contributed by atoms with Gasteiger partial charge in [-0.3, -0.25) is 0 Å². The summed E-state index contributed by atoms with van der Waals surface area (Å²) in [6, 6.07) is 0.625. The molecule has 0 N–H and O–H groups in total. The van der Waals surface area contributed by atoms with Gasteiger partial charge in [0.1, 0.15) is 0 Å². The van der Waals surface area contributed by atoms with Gasteiger partial charge in [0.15, 0.2) is 17.5 Å². The Morgan fingerprint density at radius 3 is 2.50 bits per heavy atom. The molecule has 0 aliphatic heterocycles. The van der Waals surface area contributed by atoms with Crippen molar-refractivity contribution in [1.29, 1.82) is 0 Å². The topological polar surface area (TPSA) is 16.1 Å². The monoisotopic (exact) mass is 230 g/mol. The van der Waals surface area contributed by atoms with E-state index in [9.17, 15) is 13.2 Å². The number of anilines is 1. The van der Waals surface area contributed by atoms with Gasteiger partial charge < -0.3 is 4.90 Å². The molecule has 1 heterocycles. The third kappa shape index (κ3) is 1.99. The van der Waals surface area contributed by atoms with Crippen LogP contribution >= 0.6 is 0 Å². The van der Waals surface area contributed by atoms with Crippen LogP contribution in [0.2, 0.25) is 0 Å². The van der Waals surface area contributed by atoms with Crippen LogP contribution in [0.25, 0.3) is 0 Å². The highest BCUT2D eigenvalue weighted by Gasteiger charge is 2.32. The summed E-state index contributed by atoms with van der Waals surface area (Å²) < 4.78 is 39.0. The smallest absolute Gasteiger partial charge is 0.251 e. The van der Waals surface area contributed by atoms with E-state index in [2.05, 4.69) is 4.98 Å². The largest absolute Gasteiger partial charge is 0.354 e. The van der Waals surface area contributed by atoms with Gasteiger partial charge in [-0.05, 0) is 25.7 Å². The molecule has 0 aromatic carbocycles. The molecule has 1 unspecified atom stereocenters. The van der Waals surface area contributed by atoms with Gasteiger partial charge in [0.2, 0.25) is 0 Å². The Bertz CT molecular complexity index is 404. The highest BCUT2D eigenvalue weighted by Crippen LogP contribution is 2.36. The lowest BCUT2D eigenvalue weighted by atomic mass is 10.2. The summed E-state index contributed by atoms with van der Waals surface area (Å²) in [5.74, 6) is -2.97. The summed E-state index contributed by atoms with van der Waals surface area (Å²) in [6.07, 6.45) is 2.19. The van der Waals surface area contributed by atoms with Gasteiger partial charge in [0.05, 0.1) is 0 Å². The molecule has 0 radical (unpaired) electrons. The summed E-state index contributed by atoms with van der Waals surface area (Å²) in [7, 11) is 1.64. The van der Waals surface area contributed by atoms with E-state index in [0.29, 0.717) is 12.0 Å². The zero-order valence-electron chi connectivity index (χ0n) is 9.17. The molecule has 88 valence electrons. The van der Waals surface area contributed by atoms with Crippen LogP contribution < -0.4 is 4.90 Å². The van der Waals surface area contributed by atoms with E-state index in [0.717, 1.165) is 12.8 Å². The molecule has 1 atom stereocenters. The zero-order chi connectivity index (χ0) is 11.9. The second-order valence-corrected chi connectivity index (χ2v) is 4.26. The Balaban J connectivity index is 2.28. The van der Waals surface area contributed by atoms with Crippen molar-refractivity contribution >= 4 is 5.82 Å². The molecular weight excluding hydrogens is 217 g/mol. The van der Waals surface area contributed by atoms with E-state index in [1.165, 1.54) is 0 Å². The highest BCUT2D eigenvalue weighted by molar-refractivity contribution is 5.40. The van der Waals surface area contributed by atoms with Crippen molar-refractivity contribution in [1.82, 2.24) is 4.98 Å². The second-order valence-electron chi connectivity index (χ2n) is 4.26. The molecule has 2 rings (SSSR count). The van der Waals surface area contributed by atoms with Crippen LogP contribution in [-0.4, -0.2) is 18.1 Å². The molecule has 1 aliphatic rings. The van der Waals surface area contributed by atoms with E-state index in [1.807, 2.05) is 6.92 Å². The number of halogens is 3. The van der Waals surface area contributed by atoms with E-state index in [1.54, 1.807) is 11.9 Å². The van der Waals surface area contributed by atoms with Gasteiger partial charge in [0.25, 0.3) is 5.95 Å². The normalized spacial score (nSPS) is 17.3. The van der Waals surface area contributed by atoms with Gasteiger partial charge in [-0.2, -0.15) is 9.37 Å². The van der Waals surface area contributed by atoms with Crippen LogP contribution in [-0.2, 0) is 0 Å². The predicted octanol–water partition coefficient (Wildman–Crippen LogP) is 2.73. The Morgan fingerprint density at radius 2 is 1.94 bits per heavy atom. The zero-order valence-corrected chi connectivity index (χ0v) is 9.17. The summed E-state index contributed by atoms with van der Waals surface area (Å²) in [5, 5.41) is 0. The summed E-state index contributed by atoms with van der Waals surface area (Å²) >= 11 is 0. The maximum Gasteiger partial charge on any atom is 0.251 e. The molecule has 1 saturated carbocycles. The molecule has 0 spiro atoms. The van der Waals surface area contributed by atoms with Gasteiger partial charge in [0, 0.05) is 19.2 Å². The predicted molar refractivity (Wildman–Crippen MR) is 54.7 cm³/mol. The van der Waals surface area contributed by atoms with Crippen molar-refractivity contribution in [2.45, 2.75) is 25.8 Å². The molecule has 1 aromatic heterocycles. The van der Waals surface area contributed by atoms with Gasteiger partial charge >= 0.3 is 0 Å². The van der Waals surface area contributed by atoms with Crippen molar-refractivity contribution in [2.75, 3.05) is 11.9 Å². The third-order valence-electron chi connectivity index (χ3n) is 3.12. The average molecular weight is 230 g/mol. The van der Waals surface area contributed by atoms with Crippen molar-refractivity contribution in [3.05, 3.63) is 23.6 Å². The maximum absolute atomic E-state index is 13.4. The van der Waals surface area contributed by atoms with E-state index in [4.69, 9.17) is 0 Å². The number of hydrogen-bond acceptors (Lipinski definition) is 2. The fourth-order valence-corrected chi connectivity index (χ4v) is 1.77. The SMILES string of the molecule is CC(C1CC1)N(C)c1nc(F)c(F)cc1F. The molecule has 1 aliphatic carbocycles. The van der Waals surface area contributed by atoms with Crippen LogP contribution in [0.5, 0.6) is 0 Å². The van der Waals surface area contributed by atoms with E-state index < -0.39 is 17.6 Å². The minimum absolute atomic E-state index is 0.0897. The Hall–Kier alpha value is -1.26. The van der Waals surface area contributed by atoms with Crippen LogP contribution in [0, 0.1) is 23.5 Å². The fourth-order valence-electron chi connectivity index (χ4n) is 1.77. The molecule has 1 fully saturated rings. The first-order valence-electron chi connectivity index (χ1n) is 5.25. The Morgan fingerprint density at radius 1 is 1.31 bits per heavy atom. The summed E-state index contributed by atoms with van der Waals surface area (Å²) in [6.45, 7) is 1.93. The molecule has 16 heavy (non-hydrogen) atoms. The fraction of sp³-hybridized carbons (Fsp3) is 0.545. The van der Waals surface area contributed by atoms with E-state index >= 15 is 0 Å². The minimum atomic E-state index is -1.26. The number of aromatic nitrogens is 1. The van der Waals surface area contributed by atoms with Crippen LogP contribution in [0.1, 0.15) is 19.8 Å². The van der Waals surface area contributed by atoms with Crippen molar-refractivity contribution in [3.63, 3.8) is 0 Å². The lowest BCUT2D eigenvalue weighted by molar-refractivity contribution is 0.459. The molecule has 5 heteroatoms. The summed E-state index contributed by atoms with van der Waals surface area (Å²) in [4.78, 5) is 4.88. The van der Waals surface area contributed by atoms with Crippen LogP contribution in [0.15, 0.2) is 6.07 Å². The number of pyridine rings is 1. The molecular formula is C11H13F3N2. The lowest BCUT2D eigenvalue weighted by Crippen LogP contribution is -2.32. The van der Waals surface area contributed by atoms with Crippen LogP contribution in [0.4, 0.5) is 19.0 Å².